The van der Waals surface area contributed by atoms with Gasteiger partial charge < -0.3 is 10.1 Å². The van der Waals surface area contributed by atoms with Gasteiger partial charge >= 0.3 is 0 Å². The van der Waals surface area contributed by atoms with E-state index in [4.69, 9.17) is 16.3 Å². The summed E-state index contributed by atoms with van der Waals surface area (Å²) in [6.45, 7) is 2.74. The smallest absolute Gasteiger partial charge is 0.0733 e. The maximum atomic E-state index is 5.91. The first-order chi connectivity index (χ1) is 9.20. The number of rotatable bonds is 5. The largest absolute Gasteiger partial charge is 0.380 e. The van der Waals surface area contributed by atoms with Gasteiger partial charge in [-0.2, -0.15) is 0 Å². The van der Waals surface area contributed by atoms with Gasteiger partial charge in [-0.1, -0.05) is 41.9 Å². The van der Waals surface area contributed by atoms with E-state index in [0.29, 0.717) is 6.61 Å². The zero-order valence-electron chi connectivity index (χ0n) is 11.2. The van der Waals surface area contributed by atoms with Crippen LogP contribution in [0.2, 0.25) is 5.02 Å². The predicted octanol–water partition coefficient (Wildman–Crippen LogP) is 4.66. The van der Waals surface area contributed by atoms with E-state index in [9.17, 15) is 0 Å². The molecule has 2 aromatic rings. The summed E-state index contributed by atoms with van der Waals surface area (Å²) < 4.78 is 5.21. The zero-order valence-corrected chi connectivity index (χ0v) is 11.9. The Morgan fingerprint density at radius 2 is 1.79 bits per heavy atom. The van der Waals surface area contributed by atoms with Crippen LogP contribution < -0.4 is 5.32 Å². The lowest BCUT2D eigenvalue weighted by Gasteiger charge is -2.18. The first kappa shape index (κ1) is 13.9. The number of nitrogens with one attached hydrogen (secondary N) is 1. The lowest BCUT2D eigenvalue weighted by atomic mass is 10.1. The number of halogens is 1. The van der Waals surface area contributed by atoms with Gasteiger partial charge in [0.25, 0.3) is 0 Å². The fraction of sp³-hybridized carbons (Fsp3) is 0.250. The van der Waals surface area contributed by atoms with Gasteiger partial charge in [0, 0.05) is 29.4 Å². The molecule has 0 saturated heterocycles. The molecule has 19 heavy (non-hydrogen) atoms. The van der Waals surface area contributed by atoms with Crippen LogP contribution in [0.1, 0.15) is 24.1 Å². The molecule has 1 unspecified atom stereocenters. The second kappa shape index (κ2) is 6.60. The van der Waals surface area contributed by atoms with Crippen molar-refractivity contribution in [1.29, 1.82) is 0 Å². The Balaban J connectivity index is 2.14. The van der Waals surface area contributed by atoms with Gasteiger partial charge in [0.2, 0.25) is 0 Å². The van der Waals surface area contributed by atoms with Gasteiger partial charge in [-0.05, 0) is 30.7 Å². The van der Waals surface area contributed by atoms with Crippen LogP contribution >= 0.6 is 11.6 Å². The molecule has 0 bridgehead atoms. The van der Waals surface area contributed by atoms with Crippen molar-refractivity contribution < 1.29 is 4.74 Å². The van der Waals surface area contributed by atoms with Gasteiger partial charge in [-0.3, -0.25) is 0 Å². The van der Waals surface area contributed by atoms with Crippen LogP contribution in [0.3, 0.4) is 0 Å². The molecule has 0 aliphatic carbocycles. The van der Waals surface area contributed by atoms with E-state index in [1.165, 1.54) is 5.56 Å². The minimum atomic E-state index is 0.218. The standard InChI is InChI=1S/C16H18ClNO/c1-12(13-7-9-15(17)10-8-13)18-16-6-4-3-5-14(16)11-19-2/h3-10,12,18H,11H2,1-2H3. The first-order valence-corrected chi connectivity index (χ1v) is 6.67. The van der Waals surface area contributed by atoms with E-state index < -0.39 is 0 Å². The van der Waals surface area contributed by atoms with E-state index in [-0.39, 0.29) is 6.04 Å². The second-order valence-electron chi connectivity index (χ2n) is 4.51. The summed E-state index contributed by atoms with van der Waals surface area (Å²) >= 11 is 5.91. The molecule has 0 radical (unpaired) electrons. The van der Waals surface area contributed by atoms with E-state index in [1.54, 1.807) is 7.11 Å². The number of benzene rings is 2. The highest BCUT2D eigenvalue weighted by Gasteiger charge is 2.07. The molecular formula is C16H18ClNO. The molecule has 1 atom stereocenters. The van der Waals surface area contributed by atoms with Gasteiger partial charge in [0.05, 0.1) is 6.61 Å². The summed E-state index contributed by atoms with van der Waals surface area (Å²) in [7, 11) is 1.71. The molecule has 0 saturated carbocycles. The quantitative estimate of drug-likeness (QED) is 0.857. The molecule has 2 aromatic carbocycles. The minimum absolute atomic E-state index is 0.218. The Labute approximate surface area is 119 Å². The Morgan fingerprint density at radius 1 is 1.11 bits per heavy atom. The summed E-state index contributed by atoms with van der Waals surface area (Å²) in [6.07, 6.45) is 0. The van der Waals surface area contributed by atoms with E-state index in [0.717, 1.165) is 16.3 Å². The lowest BCUT2D eigenvalue weighted by Crippen LogP contribution is -2.08. The molecule has 0 heterocycles. The number of para-hydroxylation sites is 1. The Bertz CT molecular complexity index is 525. The van der Waals surface area contributed by atoms with Crippen molar-refractivity contribution in [3.63, 3.8) is 0 Å². The van der Waals surface area contributed by atoms with Crippen LogP contribution in [0, 0.1) is 0 Å². The fourth-order valence-electron chi connectivity index (χ4n) is 2.01. The topological polar surface area (TPSA) is 21.3 Å². The molecule has 2 rings (SSSR count). The summed E-state index contributed by atoms with van der Waals surface area (Å²) in [4.78, 5) is 0. The van der Waals surface area contributed by atoms with Crippen molar-refractivity contribution in [3.05, 3.63) is 64.7 Å². The normalized spacial score (nSPS) is 12.2. The highest BCUT2D eigenvalue weighted by atomic mass is 35.5. The monoisotopic (exact) mass is 275 g/mol. The molecule has 0 fully saturated rings. The predicted molar refractivity (Wildman–Crippen MR) is 80.6 cm³/mol. The Hall–Kier alpha value is -1.51. The van der Waals surface area contributed by atoms with Crippen molar-refractivity contribution in [3.8, 4) is 0 Å². The van der Waals surface area contributed by atoms with Crippen molar-refractivity contribution in [2.24, 2.45) is 0 Å². The molecule has 0 amide bonds. The average molecular weight is 276 g/mol. The average Bonchev–Trinajstić information content (AvgIpc) is 2.42. The van der Waals surface area contributed by atoms with E-state index in [2.05, 4.69) is 24.4 Å². The van der Waals surface area contributed by atoms with Crippen molar-refractivity contribution in [2.75, 3.05) is 12.4 Å². The molecule has 0 spiro atoms. The fourth-order valence-corrected chi connectivity index (χ4v) is 2.14. The number of hydrogen-bond donors (Lipinski definition) is 1. The molecule has 0 aliphatic heterocycles. The molecule has 0 aliphatic rings. The van der Waals surface area contributed by atoms with Gasteiger partial charge in [0.15, 0.2) is 0 Å². The van der Waals surface area contributed by atoms with E-state index >= 15 is 0 Å². The summed E-state index contributed by atoms with van der Waals surface area (Å²) in [5, 5.41) is 4.27. The van der Waals surface area contributed by atoms with Crippen LogP contribution in [0.15, 0.2) is 48.5 Å². The molecule has 1 N–H and O–H groups in total. The SMILES string of the molecule is COCc1ccccc1NC(C)c1ccc(Cl)cc1. The Kier molecular flexibility index (Phi) is 4.83. The third-order valence-corrected chi connectivity index (χ3v) is 3.31. The minimum Gasteiger partial charge on any atom is -0.380 e. The molecule has 0 aromatic heterocycles. The molecule has 3 heteroatoms. The number of ether oxygens (including phenoxy) is 1. The molecular weight excluding hydrogens is 258 g/mol. The second-order valence-corrected chi connectivity index (χ2v) is 4.94. The third-order valence-electron chi connectivity index (χ3n) is 3.06. The molecule has 2 nitrogen and oxygen atoms in total. The van der Waals surface area contributed by atoms with Gasteiger partial charge in [-0.15, -0.1) is 0 Å². The third kappa shape index (κ3) is 3.72. The number of anilines is 1. The van der Waals surface area contributed by atoms with Crippen LogP contribution in [-0.4, -0.2) is 7.11 Å². The van der Waals surface area contributed by atoms with Crippen LogP contribution in [0.25, 0.3) is 0 Å². The number of hydrogen-bond acceptors (Lipinski definition) is 2. The summed E-state index contributed by atoms with van der Waals surface area (Å²) in [5.74, 6) is 0. The van der Waals surface area contributed by atoms with Crippen LogP contribution in [-0.2, 0) is 11.3 Å². The number of methoxy groups -OCH3 is 1. The van der Waals surface area contributed by atoms with E-state index in [1.807, 2.05) is 36.4 Å². The molecule has 100 valence electrons. The highest BCUT2D eigenvalue weighted by molar-refractivity contribution is 6.30. The highest BCUT2D eigenvalue weighted by Crippen LogP contribution is 2.23. The van der Waals surface area contributed by atoms with Gasteiger partial charge in [-0.25, -0.2) is 0 Å². The van der Waals surface area contributed by atoms with Crippen molar-refractivity contribution in [2.45, 2.75) is 19.6 Å². The maximum Gasteiger partial charge on any atom is 0.0733 e. The maximum absolute atomic E-state index is 5.91. The summed E-state index contributed by atoms with van der Waals surface area (Å²) in [6, 6.07) is 16.3. The van der Waals surface area contributed by atoms with Crippen LogP contribution in [0.5, 0.6) is 0 Å². The van der Waals surface area contributed by atoms with Crippen molar-refractivity contribution in [1.82, 2.24) is 0 Å². The Morgan fingerprint density at radius 3 is 2.47 bits per heavy atom. The van der Waals surface area contributed by atoms with Crippen LogP contribution in [0.4, 0.5) is 5.69 Å². The van der Waals surface area contributed by atoms with Gasteiger partial charge in [0.1, 0.15) is 0 Å². The first-order valence-electron chi connectivity index (χ1n) is 6.29. The van der Waals surface area contributed by atoms with Crippen molar-refractivity contribution >= 4 is 17.3 Å². The lowest BCUT2D eigenvalue weighted by molar-refractivity contribution is 0.185. The zero-order chi connectivity index (χ0) is 13.7. The summed E-state index contributed by atoms with van der Waals surface area (Å²) in [5.41, 5.74) is 3.47.